The predicted octanol–water partition coefficient (Wildman–Crippen LogP) is 5.27. The van der Waals surface area contributed by atoms with E-state index in [-0.39, 0.29) is 18.3 Å². The number of nitrogens with zero attached hydrogens (tertiary/aromatic N) is 1. The minimum atomic E-state index is -0.186. The van der Waals surface area contributed by atoms with Crippen molar-refractivity contribution in [3.63, 3.8) is 0 Å². The zero-order valence-electron chi connectivity index (χ0n) is 18.9. The Balaban J connectivity index is 1.99. The van der Waals surface area contributed by atoms with Gasteiger partial charge >= 0.3 is 0 Å². The van der Waals surface area contributed by atoms with E-state index in [0.29, 0.717) is 20.1 Å². The lowest BCUT2D eigenvalue weighted by Gasteiger charge is -2.31. The maximum Gasteiger partial charge on any atom is 0.188 e. The molecule has 2 aromatic rings. The first-order valence-electron chi connectivity index (χ1n) is 10.8. The third kappa shape index (κ3) is 5.81. The summed E-state index contributed by atoms with van der Waals surface area (Å²) in [4.78, 5) is 2.33. The predicted molar refractivity (Wildman–Crippen MR) is 125 cm³/mol. The van der Waals surface area contributed by atoms with Crippen LogP contribution in [0.15, 0.2) is 30.3 Å². The molecule has 1 saturated heterocycles. The van der Waals surface area contributed by atoms with Gasteiger partial charge in [-0.2, -0.15) is 0 Å². The summed E-state index contributed by atoms with van der Waals surface area (Å²) in [6.07, 6.45) is 4.44. The molecular weight excluding hydrogens is 416 g/mol. The van der Waals surface area contributed by atoms with Gasteiger partial charge in [0.25, 0.3) is 0 Å². The van der Waals surface area contributed by atoms with Crippen molar-refractivity contribution in [3.8, 4) is 17.2 Å². The van der Waals surface area contributed by atoms with Gasteiger partial charge in [-0.1, -0.05) is 15.5 Å². The van der Waals surface area contributed by atoms with Gasteiger partial charge in [0.1, 0.15) is 11.6 Å². The van der Waals surface area contributed by atoms with Crippen molar-refractivity contribution in [2.24, 2.45) is 0 Å². The Morgan fingerprint density at radius 3 is 2.45 bits per heavy atom. The Morgan fingerprint density at radius 1 is 1.03 bits per heavy atom. The van der Waals surface area contributed by atoms with Crippen LogP contribution in [0.1, 0.15) is 43.8 Å². The fourth-order valence-electron chi connectivity index (χ4n) is 4.01. The second-order valence-corrected chi connectivity index (χ2v) is 9.14. The molecule has 0 bridgehead atoms. The standard InChI is InChI=1S/C24H33FNO4P/c1-5-22(19-14-18(28-3)15-21(29-4)24(19)30-16-27-2)31-23-10-9-17(25)13-20(23)26-11-7-6-8-12-26/h9-10,13-15,22,31H,5-8,11-12,16H2,1-4H3. The molecule has 2 atom stereocenters. The molecule has 3 rings (SSSR count). The SMILES string of the molecule is CCC(Pc1ccc(F)cc1N1CCCCC1)c1cc(OC)cc(OC)c1OCOC. The first-order chi connectivity index (χ1) is 15.1. The van der Waals surface area contributed by atoms with E-state index in [0.717, 1.165) is 49.4 Å². The maximum atomic E-state index is 14.2. The Labute approximate surface area is 186 Å². The monoisotopic (exact) mass is 449 g/mol. The number of rotatable bonds is 10. The highest BCUT2D eigenvalue weighted by atomic mass is 31.1. The van der Waals surface area contributed by atoms with E-state index in [1.165, 1.54) is 11.7 Å². The smallest absolute Gasteiger partial charge is 0.188 e. The second-order valence-electron chi connectivity index (χ2n) is 7.61. The molecule has 2 unspecified atom stereocenters. The normalized spacial score (nSPS) is 15.3. The Kier molecular flexibility index (Phi) is 8.79. The summed E-state index contributed by atoms with van der Waals surface area (Å²) in [5.74, 6) is 1.82. The van der Waals surface area contributed by atoms with Crippen molar-refractivity contribution in [1.29, 1.82) is 0 Å². The molecule has 31 heavy (non-hydrogen) atoms. The van der Waals surface area contributed by atoms with Crippen molar-refractivity contribution in [1.82, 2.24) is 0 Å². The molecule has 170 valence electrons. The van der Waals surface area contributed by atoms with Crippen LogP contribution in [0.5, 0.6) is 17.2 Å². The number of halogens is 1. The zero-order valence-corrected chi connectivity index (χ0v) is 19.9. The zero-order chi connectivity index (χ0) is 22.2. The lowest BCUT2D eigenvalue weighted by molar-refractivity contribution is 0.0483. The third-order valence-electron chi connectivity index (χ3n) is 5.60. The van der Waals surface area contributed by atoms with Gasteiger partial charge in [-0.25, -0.2) is 4.39 Å². The van der Waals surface area contributed by atoms with Crippen molar-refractivity contribution in [2.75, 3.05) is 46.1 Å². The highest BCUT2D eigenvalue weighted by molar-refractivity contribution is 7.48. The summed E-state index contributed by atoms with van der Waals surface area (Å²) in [6.45, 7) is 4.25. The second kappa shape index (κ2) is 11.5. The molecule has 0 amide bonds. The van der Waals surface area contributed by atoms with Gasteiger partial charge < -0.3 is 23.8 Å². The van der Waals surface area contributed by atoms with Crippen LogP contribution >= 0.6 is 8.58 Å². The molecule has 1 aliphatic heterocycles. The Hall–Kier alpha value is -2.04. The van der Waals surface area contributed by atoms with Gasteiger partial charge in [0.15, 0.2) is 18.3 Å². The van der Waals surface area contributed by atoms with Crippen LogP contribution in [-0.4, -0.2) is 41.2 Å². The number of hydrogen-bond donors (Lipinski definition) is 0. The van der Waals surface area contributed by atoms with Gasteiger partial charge in [-0.15, -0.1) is 0 Å². The summed E-state index contributed by atoms with van der Waals surface area (Å²) in [6, 6.07) is 9.03. The number of hydrogen-bond acceptors (Lipinski definition) is 5. The van der Waals surface area contributed by atoms with Gasteiger partial charge in [0.05, 0.1) is 14.2 Å². The highest BCUT2D eigenvalue weighted by Gasteiger charge is 2.24. The van der Waals surface area contributed by atoms with Crippen LogP contribution in [0.3, 0.4) is 0 Å². The Morgan fingerprint density at radius 2 is 1.81 bits per heavy atom. The maximum absolute atomic E-state index is 14.2. The molecule has 1 fully saturated rings. The largest absolute Gasteiger partial charge is 0.497 e. The summed E-state index contributed by atoms with van der Waals surface area (Å²) >= 11 is 0. The van der Waals surface area contributed by atoms with Crippen LogP contribution in [0.2, 0.25) is 0 Å². The van der Waals surface area contributed by atoms with Crippen LogP contribution < -0.4 is 24.4 Å². The molecule has 0 saturated carbocycles. The number of anilines is 1. The molecule has 2 aromatic carbocycles. The van der Waals surface area contributed by atoms with Gasteiger partial charge in [0, 0.05) is 43.2 Å². The van der Waals surface area contributed by atoms with E-state index in [1.807, 2.05) is 18.2 Å². The van der Waals surface area contributed by atoms with E-state index < -0.39 is 0 Å². The molecule has 0 spiro atoms. The van der Waals surface area contributed by atoms with Crippen LogP contribution in [0.25, 0.3) is 0 Å². The number of benzene rings is 2. The lowest BCUT2D eigenvalue weighted by atomic mass is 10.1. The quantitative estimate of drug-likeness (QED) is 0.365. The average molecular weight is 450 g/mol. The number of piperidine rings is 1. The van der Waals surface area contributed by atoms with Crippen molar-refractivity contribution in [3.05, 3.63) is 41.7 Å². The molecule has 0 aromatic heterocycles. The van der Waals surface area contributed by atoms with E-state index >= 15 is 0 Å². The Bertz CT molecular complexity index is 858. The van der Waals surface area contributed by atoms with Crippen molar-refractivity contribution < 1.29 is 23.3 Å². The van der Waals surface area contributed by atoms with Gasteiger partial charge in [-0.05, 0) is 55.3 Å². The molecule has 0 radical (unpaired) electrons. The molecule has 5 nitrogen and oxygen atoms in total. The molecule has 0 aliphatic carbocycles. The summed E-state index contributed by atoms with van der Waals surface area (Å²) in [7, 11) is 5.31. The van der Waals surface area contributed by atoms with E-state index in [4.69, 9.17) is 18.9 Å². The third-order valence-corrected chi connectivity index (χ3v) is 7.41. The molecular formula is C24H33FNO4P. The first-order valence-corrected chi connectivity index (χ1v) is 11.9. The van der Waals surface area contributed by atoms with Crippen LogP contribution in [-0.2, 0) is 4.74 Å². The molecule has 1 heterocycles. The lowest BCUT2D eigenvalue weighted by Crippen LogP contribution is -2.32. The number of ether oxygens (including phenoxy) is 4. The topological polar surface area (TPSA) is 40.2 Å². The fraction of sp³-hybridized carbons (Fsp3) is 0.500. The van der Waals surface area contributed by atoms with Gasteiger partial charge in [0.2, 0.25) is 0 Å². The highest BCUT2D eigenvalue weighted by Crippen LogP contribution is 2.48. The van der Waals surface area contributed by atoms with Crippen molar-refractivity contribution in [2.45, 2.75) is 38.3 Å². The minimum Gasteiger partial charge on any atom is -0.497 e. The first kappa shape index (κ1) is 23.6. The van der Waals surface area contributed by atoms with Crippen LogP contribution in [0.4, 0.5) is 10.1 Å². The molecule has 7 heteroatoms. The van der Waals surface area contributed by atoms with E-state index in [2.05, 4.69) is 11.8 Å². The fourth-order valence-corrected chi connectivity index (χ4v) is 5.52. The summed E-state index contributed by atoms with van der Waals surface area (Å²) in [5, 5.41) is 1.18. The summed E-state index contributed by atoms with van der Waals surface area (Å²) in [5.41, 5.74) is 2.21. The minimum absolute atomic E-state index is 0.130. The average Bonchev–Trinajstić information content (AvgIpc) is 2.82. The molecule has 0 N–H and O–H groups in total. The van der Waals surface area contributed by atoms with Gasteiger partial charge in [-0.3, -0.25) is 0 Å². The van der Waals surface area contributed by atoms with E-state index in [1.54, 1.807) is 33.5 Å². The summed E-state index contributed by atoms with van der Waals surface area (Å²) < 4.78 is 36.3. The number of methoxy groups -OCH3 is 3. The van der Waals surface area contributed by atoms with E-state index in [9.17, 15) is 4.39 Å². The van der Waals surface area contributed by atoms with Crippen LogP contribution in [0, 0.1) is 5.82 Å². The molecule has 1 aliphatic rings. The van der Waals surface area contributed by atoms with Crippen molar-refractivity contribution >= 4 is 19.6 Å².